The van der Waals surface area contributed by atoms with E-state index in [1.807, 2.05) is 0 Å². The van der Waals surface area contributed by atoms with E-state index < -0.39 is 10.8 Å². The van der Waals surface area contributed by atoms with E-state index in [0.717, 1.165) is 78.7 Å². The molecule has 4 aliphatic rings. The second-order valence-electron chi connectivity index (χ2n) is 31.4. The first-order valence-corrected chi connectivity index (χ1v) is 40.3. The van der Waals surface area contributed by atoms with Crippen molar-refractivity contribution in [3.63, 3.8) is 0 Å². The van der Waals surface area contributed by atoms with Gasteiger partial charge < -0.3 is 18.9 Å². The van der Waals surface area contributed by atoms with Crippen LogP contribution < -0.4 is 9.80 Å². The monoisotopic (exact) mass is 1470 g/mol. The average molecular weight is 1470 g/mol. The third-order valence-corrected chi connectivity index (χ3v) is 25.5. The molecule has 4 nitrogen and oxygen atoms in total. The van der Waals surface area contributed by atoms with E-state index in [0.29, 0.717) is 0 Å². The van der Waals surface area contributed by atoms with Crippen molar-refractivity contribution in [2.45, 2.75) is 10.8 Å². The van der Waals surface area contributed by atoms with Gasteiger partial charge in [-0.2, -0.15) is 0 Å². The lowest BCUT2D eigenvalue weighted by atomic mass is 9.70. The van der Waals surface area contributed by atoms with Crippen molar-refractivity contribution in [2.75, 3.05) is 9.80 Å². The number of hydrogen-bond donors (Lipinski definition) is 0. The molecule has 0 saturated carbocycles. The van der Waals surface area contributed by atoms with E-state index >= 15 is 0 Å². The molecule has 4 aliphatic carbocycles. The minimum absolute atomic E-state index is 0.432. The number of anilines is 6. The fourth-order valence-electron chi connectivity index (χ4n) is 20.6. The van der Waals surface area contributed by atoms with Crippen molar-refractivity contribution >= 4 is 89.9 Å². The Balaban J connectivity index is 0.562. The quantitative estimate of drug-likeness (QED) is 0.113. The zero-order valence-electron chi connectivity index (χ0n) is 63.4. The van der Waals surface area contributed by atoms with E-state index in [1.165, 1.54) is 133 Å². The van der Waals surface area contributed by atoms with Gasteiger partial charge in [0.2, 0.25) is 0 Å². The van der Waals surface area contributed by atoms with Crippen LogP contribution in [0.15, 0.2) is 425 Å². The van der Waals surface area contributed by atoms with Crippen molar-refractivity contribution in [1.29, 1.82) is 0 Å². The third kappa shape index (κ3) is 9.62. The van der Waals surface area contributed by atoms with Crippen LogP contribution in [0.2, 0.25) is 0 Å². The van der Waals surface area contributed by atoms with Gasteiger partial charge in [-0.05, 0) is 268 Å². The van der Waals surface area contributed by atoms with Gasteiger partial charge in [-0.3, -0.25) is 0 Å². The summed E-state index contributed by atoms with van der Waals surface area (Å²) in [6.07, 6.45) is 4.45. The van der Waals surface area contributed by atoms with Crippen LogP contribution >= 0.6 is 0 Å². The number of fused-ring (bicyclic) bond motifs is 26. The third-order valence-electron chi connectivity index (χ3n) is 25.5. The fourth-order valence-corrected chi connectivity index (χ4v) is 20.6. The highest BCUT2D eigenvalue weighted by Crippen LogP contribution is 2.65. The van der Waals surface area contributed by atoms with Crippen LogP contribution in [0.5, 0.6) is 0 Å². The van der Waals surface area contributed by atoms with Gasteiger partial charge in [0.15, 0.2) is 0 Å². The standard InChI is InChI=1S/C112H72N4/c1-5-25-79(26-6-1)113(85-59-65-109-97(71-85)95-67-75(53-63-107(95)115(109)81-29-9-3-10-30-81)77-51-61-93-91-37-17-23-43-103(91)111(105(93)69-77)99-39-19-13-33-87(99)88-34-14-20-40-100(88)111)83-55-47-73(48-56-83)45-46-74-49-57-84(58-50-74)114(80-27-7-2-8-28-80)86-60-66-110-98(72-86)96-68-76(54-64-108(96)116(110)82-31-11-4-12-32-82)78-52-62-94-92-38-18-24-44-104(92)112(106(94)70-78)101-41-21-15-35-89(101)90-36-16-22-42-102(90)112/h1-72H. The summed E-state index contributed by atoms with van der Waals surface area (Å²) in [4.78, 5) is 4.78. The Morgan fingerprint density at radius 1 is 0.181 bits per heavy atom. The van der Waals surface area contributed by atoms with E-state index in [2.05, 4.69) is 456 Å². The van der Waals surface area contributed by atoms with Crippen molar-refractivity contribution < 1.29 is 0 Å². The molecule has 20 aromatic rings. The molecule has 0 N–H and O–H groups in total. The van der Waals surface area contributed by atoms with E-state index in [9.17, 15) is 0 Å². The number of para-hydroxylation sites is 4. The largest absolute Gasteiger partial charge is 0.310 e. The second kappa shape index (κ2) is 25.7. The Labute approximate surface area is 673 Å². The highest BCUT2D eigenvalue weighted by molar-refractivity contribution is 6.14. The normalized spacial score (nSPS) is 13.3. The summed E-state index contributed by atoms with van der Waals surface area (Å²) in [6, 6.07) is 158. The Morgan fingerprint density at radius 3 is 0.750 bits per heavy atom. The van der Waals surface area contributed by atoms with Gasteiger partial charge in [0, 0.05) is 67.0 Å². The van der Waals surface area contributed by atoms with Crippen molar-refractivity contribution in [3.05, 3.63) is 480 Å². The van der Waals surface area contributed by atoms with E-state index in [4.69, 9.17) is 0 Å². The van der Waals surface area contributed by atoms with Gasteiger partial charge in [0.05, 0.1) is 32.9 Å². The number of benzene rings is 18. The molecule has 0 radical (unpaired) electrons. The van der Waals surface area contributed by atoms with Crippen LogP contribution in [-0.2, 0) is 10.8 Å². The van der Waals surface area contributed by atoms with E-state index in [1.54, 1.807) is 0 Å². The van der Waals surface area contributed by atoms with Crippen molar-refractivity contribution in [2.24, 2.45) is 0 Å². The predicted octanol–water partition coefficient (Wildman–Crippen LogP) is 29.0. The smallest absolute Gasteiger partial charge is 0.0725 e. The SMILES string of the molecule is C(=Cc1ccc(N(c2ccccc2)c2ccc3c(c2)c2cc(-c4ccc5c(c4)C4(c6ccccc6-c6ccccc64)c4ccccc4-5)ccc2n3-c2ccccc2)cc1)c1ccc(N(c2ccccc2)c2ccc3c(c2)c2cc(-c4ccc5c(c4)C4(c6ccccc6-c6ccccc64)c4ccccc4-5)ccc2n3-c2ccccc2)cc1. The molecule has 0 fully saturated rings. The van der Waals surface area contributed by atoms with Gasteiger partial charge in [0.1, 0.15) is 0 Å². The fraction of sp³-hybridized carbons (Fsp3) is 0.0179. The predicted molar refractivity (Wildman–Crippen MR) is 483 cm³/mol. The summed E-state index contributed by atoms with van der Waals surface area (Å²) >= 11 is 0. The molecular weight excluding hydrogens is 1400 g/mol. The molecule has 18 aromatic carbocycles. The van der Waals surface area contributed by atoms with Gasteiger partial charge >= 0.3 is 0 Å². The molecule has 4 heteroatoms. The molecular formula is C112H72N4. The van der Waals surface area contributed by atoms with Crippen LogP contribution in [0.1, 0.15) is 55.6 Å². The Morgan fingerprint density at radius 2 is 0.422 bits per heavy atom. The molecule has 2 aromatic heterocycles. The highest BCUT2D eigenvalue weighted by atomic mass is 15.1. The highest BCUT2D eigenvalue weighted by Gasteiger charge is 2.53. The van der Waals surface area contributed by atoms with E-state index in [-0.39, 0.29) is 0 Å². The van der Waals surface area contributed by atoms with Crippen molar-refractivity contribution in [1.82, 2.24) is 9.13 Å². The molecule has 0 saturated heterocycles. The number of hydrogen-bond acceptors (Lipinski definition) is 2. The minimum Gasteiger partial charge on any atom is -0.310 e. The maximum Gasteiger partial charge on any atom is 0.0725 e. The summed E-state index contributed by atoms with van der Waals surface area (Å²) in [5.41, 5.74) is 40.6. The molecule has 0 unspecified atom stereocenters. The van der Waals surface area contributed by atoms with Crippen LogP contribution in [0, 0.1) is 0 Å². The summed E-state index contributed by atoms with van der Waals surface area (Å²) in [5.74, 6) is 0. The van der Waals surface area contributed by atoms with Crippen LogP contribution in [0.25, 0.3) is 134 Å². The lowest BCUT2D eigenvalue weighted by Crippen LogP contribution is -2.25. The summed E-state index contributed by atoms with van der Waals surface area (Å²) in [6.45, 7) is 0. The molecule has 24 rings (SSSR count). The summed E-state index contributed by atoms with van der Waals surface area (Å²) in [5, 5.41) is 4.76. The Bertz CT molecular complexity index is 6860. The zero-order valence-corrected chi connectivity index (χ0v) is 63.4. The second-order valence-corrected chi connectivity index (χ2v) is 31.4. The first-order chi connectivity index (χ1) is 57.5. The van der Waals surface area contributed by atoms with Gasteiger partial charge in [0.25, 0.3) is 0 Å². The molecule has 0 bridgehead atoms. The molecule has 0 atom stereocenters. The van der Waals surface area contributed by atoms with Gasteiger partial charge in [-0.25, -0.2) is 0 Å². The Kier molecular flexibility index (Phi) is 14.5. The number of aromatic nitrogens is 2. The van der Waals surface area contributed by atoms with Gasteiger partial charge in [-0.15, -0.1) is 0 Å². The lowest BCUT2D eigenvalue weighted by Gasteiger charge is -2.30. The Hall–Kier alpha value is -15.1. The molecule has 2 heterocycles. The first kappa shape index (κ1) is 65.6. The van der Waals surface area contributed by atoms with Crippen LogP contribution in [0.4, 0.5) is 34.1 Å². The molecule has 116 heavy (non-hydrogen) atoms. The van der Waals surface area contributed by atoms with Gasteiger partial charge in [-0.1, -0.05) is 291 Å². The van der Waals surface area contributed by atoms with Crippen LogP contribution in [-0.4, -0.2) is 9.13 Å². The summed E-state index contributed by atoms with van der Waals surface area (Å²) in [7, 11) is 0. The number of nitrogens with zero attached hydrogens (tertiary/aromatic N) is 4. The topological polar surface area (TPSA) is 16.3 Å². The maximum absolute atomic E-state index is 2.50. The van der Waals surface area contributed by atoms with Crippen LogP contribution in [0.3, 0.4) is 0 Å². The molecule has 0 amide bonds. The summed E-state index contributed by atoms with van der Waals surface area (Å²) < 4.78 is 4.86. The van der Waals surface area contributed by atoms with Crippen molar-refractivity contribution in [3.8, 4) is 78.1 Å². The maximum atomic E-state index is 2.50. The lowest BCUT2D eigenvalue weighted by molar-refractivity contribution is 0.794. The average Bonchev–Trinajstić information content (AvgIpc) is 1.51. The number of rotatable bonds is 12. The molecule has 0 aliphatic heterocycles. The minimum atomic E-state index is -0.432. The zero-order chi connectivity index (χ0) is 76.2. The molecule has 540 valence electrons. The molecule has 2 spiro atoms. The first-order valence-electron chi connectivity index (χ1n) is 40.3.